The maximum Gasteiger partial charge on any atom is 0.278 e. The molecule has 1 heterocycles. The van der Waals surface area contributed by atoms with Crippen LogP contribution in [0.5, 0.6) is 0 Å². The van der Waals surface area contributed by atoms with E-state index < -0.39 is 0 Å². The fraction of sp³-hybridized carbons (Fsp3) is 0.333. The van der Waals surface area contributed by atoms with Crippen LogP contribution >= 0.6 is 0 Å². The van der Waals surface area contributed by atoms with Gasteiger partial charge in [0.1, 0.15) is 5.70 Å². The van der Waals surface area contributed by atoms with Crippen molar-refractivity contribution >= 4 is 23.1 Å². The lowest BCUT2D eigenvalue weighted by Gasteiger charge is -2.15. The van der Waals surface area contributed by atoms with Crippen molar-refractivity contribution in [3.8, 4) is 0 Å². The average molecular weight is 392 g/mol. The molecule has 0 fully saturated rings. The molecule has 2 amide bonds. The Hall–Kier alpha value is -2.92. The number of nitrogens with zero attached hydrogens (tertiary/aromatic N) is 1. The molecule has 0 bridgehead atoms. The Balaban J connectivity index is 2.05. The predicted molar refractivity (Wildman–Crippen MR) is 116 cm³/mol. The van der Waals surface area contributed by atoms with Gasteiger partial charge >= 0.3 is 0 Å². The number of nitrogens with one attached hydrogen (secondary N) is 1. The molecule has 0 unspecified atom stereocenters. The Labute approximate surface area is 172 Å². The minimum atomic E-state index is -0.292. The summed E-state index contributed by atoms with van der Waals surface area (Å²) < 4.78 is 5.08. The van der Waals surface area contributed by atoms with Crippen LogP contribution < -0.4 is 5.32 Å². The summed E-state index contributed by atoms with van der Waals surface area (Å²) in [6.07, 6.45) is 0.602. The van der Waals surface area contributed by atoms with E-state index in [0.717, 1.165) is 33.5 Å². The fourth-order valence-electron chi connectivity index (χ4n) is 3.52. The SMILES string of the molecule is COCCCN1C(=O)C(Nc2ccc(C)cc2C)=C(c2ccc(C)c(C)c2)C1=O. The monoisotopic (exact) mass is 392 g/mol. The van der Waals surface area contributed by atoms with E-state index in [-0.39, 0.29) is 11.8 Å². The minimum Gasteiger partial charge on any atom is -0.385 e. The third-order valence-corrected chi connectivity index (χ3v) is 5.34. The summed E-state index contributed by atoms with van der Waals surface area (Å²) in [7, 11) is 1.61. The molecule has 1 aliphatic heterocycles. The molecule has 2 aromatic rings. The number of benzene rings is 2. The van der Waals surface area contributed by atoms with Gasteiger partial charge < -0.3 is 10.1 Å². The number of imide groups is 1. The second-order valence-electron chi connectivity index (χ2n) is 7.60. The van der Waals surface area contributed by atoms with E-state index in [1.165, 1.54) is 4.90 Å². The third-order valence-electron chi connectivity index (χ3n) is 5.34. The summed E-state index contributed by atoms with van der Waals surface area (Å²) in [6.45, 7) is 8.88. The predicted octanol–water partition coefficient (Wildman–Crippen LogP) is 4.15. The molecule has 1 aliphatic rings. The van der Waals surface area contributed by atoms with Gasteiger partial charge in [-0.1, -0.05) is 35.9 Å². The molecule has 3 rings (SSSR count). The fourth-order valence-corrected chi connectivity index (χ4v) is 3.52. The van der Waals surface area contributed by atoms with Gasteiger partial charge in [-0.15, -0.1) is 0 Å². The lowest BCUT2D eigenvalue weighted by molar-refractivity contribution is -0.136. The van der Waals surface area contributed by atoms with Gasteiger partial charge in [0.25, 0.3) is 11.8 Å². The molecule has 5 heteroatoms. The number of anilines is 1. The molecule has 0 atom stereocenters. The molecule has 0 spiro atoms. The molecule has 0 aromatic heterocycles. The number of carbonyl (C=O) groups is 2. The largest absolute Gasteiger partial charge is 0.385 e. The van der Waals surface area contributed by atoms with Crippen LogP contribution in [-0.2, 0) is 14.3 Å². The van der Waals surface area contributed by atoms with Crippen molar-refractivity contribution in [2.75, 3.05) is 25.6 Å². The van der Waals surface area contributed by atoms with Gasteiger partial charge in [-0.25, -0.2) is 0 Å². The zero-order chi connectivity index (χ0) is 21.1. The van der Waals surface area contributed by atoms with Gasteiger partial charge in [-0.3, -0.25) is 14.5 Å². The number of amides is 2. The van der Waals surface area contributed by atoms with Gasteiger partial charge in [0, 0.05) is 25.9 Å². The number of hydrogen-bond acceptors (Lipinski definition) is 4. The Bertz CT molecular complexity index is 992. The van der Waals surface area contributed by atoms with E-state index >= 15 is 0 Å². The van der Waals surface area contributed by atoms with E-state index in [1.807, 2.05) is 58.0 Å². The van der Waals surface area contributed by atoms with Gasteiger partial charge in [0.15, 0.2) is 0 Å². The standard InChI is InChI=1S/C24H28N2O3/c1-15-7-10-20(18(4)13-15)25-22-21(19-9-8-16(2)17(3)14-19)23(27)26(24(22)28)11-6-12-29-5/h7-10,13-14,25H,6,11-12H2,1-5H3. The van der Waals surface area contributed by atoms with E-state index in [1.54, 1.807) is 7.11 Å². The topological polar surface area (TPSA) is 58.6 Å². The second kappa shape index (κ2) is 8.62. The molecule has 0 radical (unpaired) electrons. The van der Waals surface area contributed by atoms with Crippen LogP contribution in [0, 0.1) is 27.7 Å². The molecule has 0 aliphatic carbocycles. The molecule has 0 saturated carbocycles. The maximum atomic E-state index is 13.2. The first kappa shape index (κ1) is 20.8. The zero-order valence-corrected chi connectivity index (χ0v) is 17.8. The van der Waals surface area contributed by atoms with Gasteiger partial charge in [0.2, 0.25) is 0 Å². The number of aryl methyl sites for hydroxylation is 4. The number of methoxy groups -OCH3 is 1. The number of hydrogen-bond donors (Lipinski definition) is 1. The summed E-state index contributed by atoms with van der Waals surface area (Å²) in [5, 5.41) is 3.26. The minimum absolute atomic E-state index is 0.262. The normalized spacial score (nSPS) is 14.2. The third kappa shape index (κ3) is 4.25. The Kier molecular flexibility index (Phi) is 6.18. The van der Waals surface area contributed by atoms with Gasteiger partial charge in [-0.2, -0.15) is 0 Å². The summed E-state index contributed by atoms with van der Waals surface area (Å²) in [5.41, 5.74) is 6.74. The average Bonchev–Trinajstić information content (AvgIpc) is 2.90. The van der Waals surface area contributed by atoms with Crippen LogP contribution in [0.25, 0.3) is 5.57 Å². The maximum absolute atomic E-state index is 13.2. The molecular formula is C24H28N2O3. The zero-order valence-electron chi connectivity index (χ0n) is 17.8. The summed E-state index contributed by atoms with van der Waals surface area (Å²) >= 11 is 0. The molecule has 1 N–H and O–H groups in total. The Morgan fingerprint density at radius 1 is 0.897 bits per heavy atom. The van der Waals surface area contributed by atoms with Crippen molar-refractivity contribution in [1.29, 1.82) is 0 Å². The van der Waals surface area contributed by atoms with Crippen molar-refractivity contribution in [3.63, 3.8) is 0 Å². The molecule has 29 heavy (non-hydrogen) atoms. The lowest BCUT2D eigenvalue weighted by atomic mass is 9.99. The van der Waals surface area contributed by atoms with Crippen molar-refractivity contribution < 1.29 is 14.3 Å². The van der Waals surface area contributed by atoms with E-state index in [4.69, 9.17) is 4.74 Å². The summed E-state index contributed by atoms with van der Waals surface area (Å²) in [4.78, 5) is 27.7. The van der Waals surface area contributed by atoms with E-state index in [2.05, 4.69) is 11.4 Å². The van der Waals surface area contributed by atoms with E-state index in [0.29, 0.717) is 30.8 Å². The Morgan fingerprint density at radius 3 is 2.31 bits per heavy atom. The van der Waals surface area contributed by atoms with Crippen molar-refractivity contribution in [1.82, 2.24) is 4.90 Å². The quantitative estimate of drug-likeness (QED) is 0.568. The molecule has 152 valence electrons. The van der Waals surface area contributed by atoms with Crippen LogP contribution in [0.15, 0.2) is 42.1 Å². The van der Waals surface area contributed by atoms with Crippen molar-refractivity contribution in [2.24, 2.45) is 0 Å². The number of carbonyl (C=O) groups excluding carboxylic acids is 2. The van der Waals surface area contributed by atoms with Crippen molar-refractivity contribution in [2.45, 2.75) is 34.1 Å². The Morgan fingerprint density at radius 2 is 1.66 bits per heavy atom. The highest BCUT2D eigenvalue weighted by atomic mass is 16.5. The molecule has 0 saturated heterocycles. The first-order valence-electron chi connectivity index (χ1n) is 9.84. The first-order chi connectivity index (χ1) is 13.8. The van der Waals surface area contributed by atoms with Gasteiger partial charge in [-0.05, 0) is 62.4 Å². The second-order valence-corrected chi connectivity index (χ2v) is 7.60. The first-order valence-corrected chi connectivity index (χ1v) is 9.84. The smallest absolute Gasteiger partial charge is 0.278 e. The number of rotatable bonds is 7. The van der Waals surface area contributed by atoms with Crippen LogP contribution in [0.1, 0.15) is 34.2 Å². The van der Waals surface area contributed by atoms with Crippen LogP contribution in [0.3, 0.4) is 0 Å². The molecular weight excluding hydrogens is 364 g/mol. The number of ether oxygens (including phenoxy) is 1. The van der Waals surface area contributed by atoms with Crippen LogP contribution in [0.2, 0.25) is 0 Å². The lowest BCUT2D eigenvalue weighted by Crippen LogP contribution is -2.34. The van der Waals surface area contributed by atoms with Crippen molar-refractivity contribution in [3.05, 3.63) is 69.9 Å². The molecule has 2 aromatic carbocycles. The highest BCUT2D eigenvalue weighted by molar-refractivity contribution is 6.36. The van der Waals surface area contributed by atoms with Crippen LogP contribution in [-0.4, -0.2) is 37.0 Å². The molecule has 5 nitrogen and oxygen atoms in total. The summed E-state index contributed by atoms with van der Waals surface area (Å²) in [5.74, 6) is -0.555. The van der Waals surface area contributed by atoms with Gasteiger partial charge in [0.05, 0.1) is 5.57 Å². The van der Waals surface area contributed by atoms with Crippen LogP contribution in [0.4, 0.5) is 5.69 Å². The summed E-state index contributed by atoms with van der Waals surface area (Å²) in [6, 6.07) is 11.8. The highest BCUT2D eigenvalue weighted by Crippen LogP contribution is 2.32. The highest BCUT2D eigenvalue weighted by Gasteiger charge is 2.39. The van der Waals surface area contributed by atoms with E-state index in [9.17, 15) is 9.59 Å².